The van der Waals surface area contributed by atoms with Gasteiger partial charge in [0.2, 0.25) is 0 Å². The van der Waals surface area contributed by atoms with Crippen LogP contribution in [0.25, 0.3) is 0 Å². The molecule has 3 atom stereocenters. The standard InChI is InChI=1S/C18H25NO/c1-17(2)14-10-11-15(12-14)18(17,3)19(4)16(20)13-8-6-5-7-9-13/h5-9,14-15H,10-12H2,1-4H3/t14-,15-,18-/m0/s1. The van der Waals surface area contributed by atoms with Gasteiger partial charge in [0, 0.05) is 18.2 Å². The van der Waals surface area contributed by atoms with Crippen LogP contribution in [0.2, 0.25) is 0 Å². The molecule has 3 rings (SSSR count). The second kappa shape index (κ2) is 4.34. The summed E-state index contributed by atoms with van der Waals surface area (Å²) in [5, 5.41) is 0. The molecule has 2 aliphatic rings. The summed E-state index contributed by atoms with van der Waals surface area (Å²) >= 11 is 0. The first kappa shape index (κ1) is 13.7. The minimum absolute atomic E-state index is 0.0250. The van der Waals surface area contributed by atoms with Gasteiger partial charge in [-0.25, -0.2) is 0 Å². The number of hydrogen-bond donors (Lipinski definition) is 0. The highest BCUT2D eigenvalue weighted by atomic mass is 16.2. The molecular formula is C18H25NO. The van der Waals surface area contributed by atoms with Gasteiger partial charge in [-0.1, -0.05) is 32.0 Å². The molecule has 0 unspecified atom stereocenters. The molecule has 2 fully saturated rings. The van der Waals surface area contributed by atoms with Crippen molar-refractivity contribution in [2.45, 2.75) is 45.6 Å². The van der Waals surface area contributed by atoms with E-state index in [1.807, 2.05) is 42.3 Å². The molecule has 2 aliphatic carbocycles. The smallest absolute Gasteiger partial charge is 0.254 e. The second-order valence-corrected chi connectivity index (χ2v) is 7.31. The van der Waals surface area contributed by atoms with E-state index in [1.54, 1.807) is 0 Å². The molecule has 0 N–H and O–H groups in total. The molecule has 0 heterocycles. The van der Waals surface area contributed by atoms with Gasteiger partial charge >= 0.3 is 0 Å². The lowest BCUT2D eigenvalue weighted by molar-refractivity contribution is -0.0193. The van der Waals surface area contributed by atoms with Crippen molar-refractivity contribution in [1.29, 1.82) is 0 Å². The molecule has 2 saturated carbocycles. The topological polar surface area (TPSA) is 20.3 Å². The average Bonchev–Trinajstić information content (AvgIpc) is 3.01. The fourth-order valence-electron chi connectivity index (χ4n) is 4.78. The van der Waals surface area contributed by atoms with Crippen molar-refractivity contribution >= 4 is 5.91 Å². The zero-order chi connectivity index (χ0) is 14.5. The molecule has 2 heteroatoms. The zero-order valence-electron chi connectivity index (χ0n) is 13.0. The second-order valence-electron chi connectivity index (χ2n) is 7.31. The third-order valence-electron chi connectivity index (χ3n) is 6.57. The lowest BCUT2D eigenvalue weighted by Gasteiger charge is -2.53. The molecule has 0 aromatic heterocycles. The summed E-state index contributed by atoms with van der Waals surface area (Å²) in [5.41, 5.74) is 0.979. The first-order valence-corrected chi connectivity index (χ1v) is 7.72. The summed E-state index contributed by atoms with van der Waals surface area (Å²) < 4.78 is 0. The molecular weight excluding hydrogens is 246 g/mol. The Morgan fingerprint density at radius 3 is 2.25 bits per heavy atom. The predicted molar refractivity (Wildman–Crippen MR) is 81.6 cm³/mol. The Bertz CT molecular complexity index is 521. The van der Waals surface area contributed by atoms with Crippen LogP contribution in [0, 0.1) is 17.3 Å². The fourth-order valence-corrected chi connectivity index (χ4v) is 4.78. The van der Waals surface area contributed by atoms with Crippen LogP contribution >= 0.6 is 0 Å². The van der Waals surface area contributed by atoms with Crippen LogP contribution < -0.4 is 0 Å². The summed E-state index contributed by atoms with van der Waals surface area (Å²) in [7, 11) is 2.00. The third kappa shape index (κ3) is 1.60. The summed E-state index contributed by atoms with van der Waals surface area (Å²) in [4.78, 5) is 14.9. The molecule has 0 radical (unpaired) electrons. The van der Waals surface area contributed by atoms with E-state index < -0.39 is 0 Å². The first-order chi connectivity index (χ1) is 9.39. The Morgan fingerprint density at radius 1 is 1.10 bits per heavy atom. The number of benzene rings is 1. The maximum Gasteiger partial charge on any atom is 0.254 e. The van der Waals surface area contributed by atoms with Gasteiger partial charge in [0.1, 0.15) is 0 Å². The Morgan fingerprint density at radius 2 is 1.70 bits per heavy atom. The summed E-state index contributed by atoms with van der Waals surface area (Å²) in [6.07, 6.45) is 3.90. The predicted octanol–water partition coefficient (Wildman–Crippen LogP) is 3.97. The Labute approximate surface area is 122 Å². The van der Waals surface area contributed by atoms with Crippen LogP contribution in [0.4, 0.5) is 0 Å². The van der Waals surface area contributed by atoms with Gasteiger partial charge < -0.3 is 4.90 Å². The zero-order valence-corrected chi connectivity index (χ0v) is 13.0. The molecule has 1 amide bonds. The van der Waals surface area contributed by atoms with Crippen molar-refractivity contribution in [3.05, 3.63) is 35.9 Å². The first-order valence-electron chi connectivity index (χ1n) is 7.72. The molecule has 1 aromatic carbocycles. The highest BCUT2D eigenvalue weighted by Crippen LogP contribution is 2.63. The van der Waals surface area contributed by atoms with Crippen molar-refractivity contribution in [2.24, 2.45) is 17.3 Å². The fraction of sp³-hybridized carbons (Fsp3) is 0.611. The van der Waals surface area contributed by atoms with Gasteiger partial charge in [-0.2, -0.15) is 0 Å². The monoisotopic (exact) mass is 271 g/mol. The summed E-state index contributed by atoms with van der Waals surface area (Å²) in [5.74, 6) is 1.58. The number of hydrogen-bond acceptors (Lipinski definition) is 1. The van der Waals surface area contributed by atoms with E-state index in [1.165, 1.54) is 19.3 Å². The molecule has 0 aliphatic heterocycles. The van der Waals surface area contributed by atoms with Crippen LogP contribution in [-0.4, -0.2) is 23.4 Å². The van der Waals surface area contributed by atoms with Crippen molar-refractivity contribution in [3.63, 3.8) is 0 Å². The van der Waals surface area contributed by atoms with E-state index in [2.05, 4.69) is 20.8 Å². The van der Waals surface area contributed by atoms with E-state index >= 15 is 0 Å². The number of fused-ring (bicyclic) bond motifs is 2. The van der Waals surface area contributed by atoms with E-state index in [9.17, 15) is 4.79 Å². The van der Waals surface area contributed by atoms with Crippen molar-refractivity contribution in [2.75, 3.05) is 7.05 Å². The summed E-state index contributed by atoms with van der Waals surface area (Å²) in [6, 6.07) is 9.68. The maximum absolute atomic E-state index is 12.8. The van der Waals surface area contributed by atoms with Gasteiger partial charge in [0.15, 0.2) is 0 Å². The van der Waals surface area contributed by atoms with Crippen LogP contribution in [0.1, 0.15) is 50.4 Å². The normalized spacial score (nSPS) is 34.2. The number of amides is 1. The lowest BCUT2D eigenvalue weighted by Crippen LogP contribution is -2.59. The molecule has 20 heavy (non-hydrogen) atoms. The van der Waals surface area contributed by atoms with Gasteiger partial charge in [0.25, 0.3) is 5.91 Å². The van der Waals surface area contributed by atoms with E-state index in [0.717, 1.165) is 11.5 Å². The molecule has 2 bridgehead atoms. The van der Waals surface area contributed by atoms with E-state index in [0.29, 0.717) is 5.92 Å². The van der Waals surface area contributed by atoms with Crippen LogP contribution in [-0.2, 0) is 0 Å². The number of nitrogens with zero attached hydrogens (tertiary/aromatic N) is 1. The molecule has 0 saturated heterocycles. The van der Waals surface area contributed by atoms with Crippen LogP contribution in [0.3, 0.4) is 0 Å². The average molecular weight is 271 g/mol. The minimum Gasteiger partial charge on any atom is -0.335 e. The Balaban J connectivity index is 1.94. The highest BCUT2D eigenvalue weighted by Gasteiger charge is 2.62. The highest BCUT2D eigenvalue weighted by molar-refractivity contribution is 5.94. The summed E-state index contributed by atoms with van der Waals surface area (Å²) in [6.45, 7) is 7.01. The number of carbonyl (C=O) groups is 1. The Hall–Kier alpha value is -1.31. The van der Waals surface area contributed by atoms with Gasteiger partial charge in [0.05, 0.1) is 0 Å². The SMILES string of the molecule is CN(C(=O)c1ccccc1)[C@@]1(C)[C@H]2CC[C@@H](C2)C1(C)C. The lowest BCUT2D eigenvalue weighted by atomic mass is 9.63. The molecule has 1 aromatic rings. The van der Waals surface area contributed by atoms with Crippen LogP contribution in [0.5, 0.6) is 0 Å². The van der Waals surface area contributed by atoms with Gasteiger partial charge in [-0.05, 0) is 55.6 Å². The van der Waals surface area contributed by atoms with E-state index in [4.69, 9.17) is 0 Å². The maximum atomic E-state index is 12.8. The van der Waals surface area contributed by atoms with Crippen molar-refractivity contribution in [1.82, 2.24) is 4.90 Å². The minimum atomic E-state index is -0.0250. The van der Waals surface area contributed by atoms with Crippen molar-refractivity contribution < 1.29 is 4.79 Å². The number of carbonyl (C=O) groups excluding carboxylic acids is 1. The van der Waals surface area contributed by atoms with Crippen LogP contribution in [0.15, 0.2) is 30.3 Å². The largest absolute Gasteiger partial charge is 0.335 e. The van der Waals surface area contributed by atoms with Crippen molar-refractivity contribution in [3.8, 4) is 0 Å². The van der Waals surface area contributed by atoms with Gasteiger partial charge in [-0.3, -0.25) is 4.79 Å². The third-order valence-corrected chi connectivity index (χ3v) is 6.57. The molecule has 0 spiro atoms. The van der Waals surface area contributed by atoms with E-state index in [-0.39, 0.29) is 16.9 Å². The molecule has 2 nitrogen and oxygen atoms in total. The molecule has 108 valence electrons. The van der Waals surface area contributed by atoms with Gasteiger partial charge in [-0.15, -0.1) is 0 Å². The number of rotatable bonds is 2. The quantitative estimate of drug-likeness (QED) is 0.797. The Kier molecular flexibility index (Phi) is 2.97.